The lowest BCUT2D eigenvalue weighted by Gasteiger charge is -2.68. The van der Waals surface area contributed by atoms with Gasteiger partial charge < -0.3 is 48.4 Å². The summed E-state index contributed by atoms with van der Waals surface area (Å²) in [7, 11) is -3.19. The maximum atomic E-state index is 15.8. The summed E-state index contributed by atoms with van der Waals surface area (Å²) in [4.78, 5) is 59.2. The Bertz CT molecular complexity index is 2380. The largest absolute Gasteiger partial charge is 0.456 e. The van der Waals surface area contributed by atoms with Crippen LogP contribution in [0.4, 0.5) is 13.2 Å². The molecule has 19 heteroatoms. The van der Waals surface area contributed by atoms with Crippen LogP contribution in [0.25, 0.3) is 0 Å². The number of rotatable bonds is 16. The Labute approximate surface area is 420 Å². The number of ether oxygens (including phenoxy) is 6. The normalized spacial score (nSPS) is 34.2. The number of hydrogen-bond donors (Lipinski definition) is 3. The van der Waals surface area contributed by atoms with Crippen LogP contribution >= 0.6 is 0 Å². The molecule has 13 atom stereocenters. The molecule has 0 aromatic heterocycles. The molecule has 2 bridgehead atoms. The van der Waals surface area contributed by atoms with E-state index in [2.05, 4.69) is 5.32 Å². The third-order valence-corrected chi connectivity index (χ3v) is 22.3. The molecule has 1 amide bonds. The minimum atomic E-state index is -5.25. The molecular formula is C53H71F3N2O13Si. The number of benzene rings is 2. The highest BCUT2D eigenvalue weighted by molar-refractivity contribution is 6.73. The number of nitrogens with zero attached hydrogens (tertiary/aromatic N) is 1. The van der Waals surface area contributed by atoms with Gasteiger partial charge in [0, 0.05) is 48.9 Å². The van der Waals surface area contributed by atoms with Gasteiger partial charge in [0.15, 0.2) is 31.9 Å². The Morgan fingerprint density at radius 2 is 1.56 bits per heavy atom. The van der Waals surface area contributed by atoms with Gasteiger partial charge in [-0.05, 0) is 86.7 Å². The zero-order chi connectivity index (χ0) is 52.4. The van der Waals surface area contributed by atoms with Gasteiger partial charge in [0.1, 0.15) is 30.0 Å². The number of halogens is 3. The van der Waals surface area contributed by atoms with E-state index < -0.39 is 121 Å². The van der Waals surface area contributed by atoms with Gasteiger partial charge in [-0.2, -0.15) is 13.2 Å². The zero-order valence-corrected chi connectivity index (χ0v) is 43.7. The molecular weight excluding hydrogens is 958 g/mol. The summed E-state index contributed by atoms with van der Waals surface area (Å²) in [5.41, 5.74) is -8.35. The number of hydrogen-bond acceptors (Lipinski definition) is 14. The number of carbonyl (C=O) groups is 4. The van der Waals surface area contributed by atoms with Crippen LogP contribution in [0.3, 0.4) is 0 Å². The van der Waals surface area contributed by atoms with Crippen molar-refractivity contribution in [1.82, 2.24) is 10.2 Å². The monoisotopic (exact) mass is 1030 g/mol. The van der Waals surface area contributed by atoms with Crippen LogP contribution in [0, 0.1) is 16.7 Å². The van der Waals surface area contributed by atoms with Crippen molar-refractivity contribution in [3.63, 3.8) is 0 Å². The SMILES string of the molecule is CC[Si](CC)(CC)O[C@@](C)(C(=O)O[C@H]1C[C@@]2(O)[C@@H](OC(=O)c3ccccc3)[C@H]3[C@@](C)(CC[C@H]4OC[C@]43OC(C)=O)[C@@H]3O[C@H](CN4CC[C@H]4CO)O[C@@H]3C(=C1C)C2(C)C)[C@@H](NC(=O)c1ccccc1)C(F)(F)F. The first-order valence-electron chi connectivity index (χ1n) is 25.4. The smallest absolute Gasteiger partial charge is 0.412 e. The van der Waals surface area contributed by atoms with Crippen molar-refractivity contribution >= 4 is 32.1 Å². The van der Waals surface area contributed by atoms with Crippen LogP contribution in [-0.4, -0.2) is 145 Å². The fourth-order valence-electron chi connectivity index (χ4n) is 13.1. The first-order valence-corrected chi connectivity index (χ1v) is 27.9. The van der Waals surface area contributed by atoms with Gasteiger partial charge in [0.2, 0.25) is 0 Å². The maximum absolute atomic E-state index is 15.8. The number of nitrogens with one attached hydrogen (secondary N) is 1. The van der Waals surface area contributed by atoms with Crippen molar-refractivity contribution in [2.75, 3.05) is 26.3 Å². The topological polar surface area (TPSA) is 189 Å². The third kappa shape index (κ3) is 9.04. The second-order valence-corrected chi connectivity index (χ2v) is 26.4. The van der Waals surface area contributed by atoms with Gasteiger partial charge in [-0.1, -0.05) is 77.9 Å². The van der Waals surface area contributed by atoms with Gasteiger partial charge in [-0.25, -0.2) is 9.59 Å². The van der Waals surface area contributed by atoms with E-state index >= 15 is 18.0 Å². The lowest BCUT2D eigenvalue weighted by atomic mass is 9.45. The average molecular weight is 1030 g/mol. The fraction of sp³-hybridized carbons (Fsp3) is 0.660. The van der Waals surface area contributed by atoms with Gasteiger partial charge in [0.25, 0.3) is 5.91 Å². The van der Waals surface area contributed by atoms with E-state index in [4.69, 9.17) is 32.8 Å². The Kier molecular flexibility index (Phi) is 14.9. The zero-order valence-electron chi connectivity index (χ0n) is 42.7. The van der Waals surface area contributed by atoms with E-state index in [1.54, 1.807) is 77.9 Å². The average Bonchev–Trinajstić information content (AvgIpc) is 3.75. The van der Waals surface area contributed by atoms with Crippen molar-refractivity contribution in [1.29, 1.82) is 0 Å². The van der Waals surface area contributed by atoms with Crippen LogP contribution in [0.1, 0.15) is 109 Å². The van der Waals surface area contributed by atoms with Gasteiger partial charge >= 0.3 is 24.1 Å². The number of alkyl halides is 3. The van der Waals surface area contributed by atoms with Crippen molar-refractivity contribution < 1.29 is 75.4 Å². The quantitative estimate of drug-likeness (QED) is 0.0672. The van der Waals surface area contributed by atoms with Gasteiger partial charge in [-0.15, -0.1) is 0 Å². The van der Waals surface area contributed by atoms with Crippen LogP contribution in [0.5, 0.6) is 0 Å². The van der Waals surface area contributed by atoms with Crippen LogP contribution in [-0.2, 0) is 42.4 Å². The number of amides is 1. The van der Waals surface area contributed by atoms with E-state index in [1.807, 2.05) is 11.8 Å². The number of aliphatic hydroxyl groups is 2. The molecule has 3 saturated heterocycles. The molecule has 5 fully saturated rings. The number of esters is 3. The number of likely N-dealkylation sites (tertiary alicyclic amines) is 1. The second kappa shape index (κ2) is 19.8. The third-order valence-electron chi connectivity index (χ3n) is 17.6. The van der Waals surface area contributed by atoms with E-state index in [9.17, 15) is 24.6 Å². The van der Waals surface area contributed by atoms with Crippen LogP contribution in [0.15, 0.2) is 71.8 Å². The summed E-state index contributed by atoms with van der Waals surface area (Å²) < 4.78 is 93.9. The molecule has 2 saturated carbocycles. The molecule has 2 aromatic carbocycles. The minimum absolute atomic E-state index is 0.0750. The number of carbonyl (C=O) groups excluding carboxylic acids is 4. The number of aliphatic hydroxyl groups excluding tert-OH is 1. The minimum Gasteiger partial charge on any atom is -0.456 e. The van der Waals surface area contributed by atoms with Crippen LogP contribution in [0.2, 0.25) is 18.1 Å². The summed E-state index contributed by atoms with van der Waals surface area (Å²) in [5, 5.41) is 26.4. The first kappa shape index (κ1) is 54.1. The van der Waals surface area contributed by atoms with Crippen molar-refractivity contribution in [3.05, 3.63) is 82.9 Å². The van der Waals surface area contributed by atoms with Crippen molar-refractivity contribution in [3.8, 4) is 0 Å². The van der Waals surface area contributed by atoms with E-state index in [1.165, 1.54) is 31.2 Å². The van der Waals surface area contributed by atoms with E-state index in [-0.39, 0.29) is 36.9 Å². The first-order chi connectivity index (χ1) is 33.9. The molecule has 72 heavy (non-hydrogen) atoms. The van der Waals surface area contributed by atoms with E-state index in [0.29, 0.717) is 48.7 Å². The molecule has 3 aliphatic carbocycles. The standard InChI is InChI=1S/C53H71F3N2O13Si/c1-10-72(11-2,12-3)71-50(9,46(53(54,55)56)57-44(61)33-19-15-13-16-20-33)47(63)66-36-27-52(64)43(69-45(62)34-21-17-14-18-22-34)41-49(8,25-23-37-51(41,30-65-37)70-32(5)60)42-40(39(31(36)4)48(52,6)7)67-38(68-42)28-58-26-24-35(58)29-59/h13-22,35-38,40-43,46,59,64H,10-12,23-30H2,1-9H3,(H,57,61)/t35-,36-,37+,38+,40+,41-,42+,43-,46+,49+,50+,51-,52+/m0/s1. The Morgan fingerprint density at radius 3 is 2.08 bits per heavy atom. The molecule has 0 radical (unpaired) electrons. The molecule has 396 valence electrons. The molecule has 0 unspecified atom stereocenters. The highest BCUT2D eigenvalue weighted by atomic mass is 28.4. The Balaban J connectivity index is 1.32. The molecule has 3 heterocycles. The summed E-state index contributed by atoms with van der Waals surface area (Å²) in [5.74, 6) is -5.07. The van der Waals surface area contributed by atoms with Crippen LogP contribution < -0.4 is 5.32 Å². The molecule has 8 rings (SSSR count). The fourth-order valence-corrected chi connectivity index (χ4v) is 16.1. The molecule has 6 aliphatic rings. The maximum Gasteiger partial charge on any atom is 0.412 e. The predicted octanol–water partition coefficient (Wildman–Crippen LogP) is 7.05. The van der Waals surface area contributed by atoms with Crippen molar-refractivity contribution in [2.24, 2.45) is 16.7 Å². The lowest BCUT2D eigenvalue weighted by Crippen LogP contribution is -2.79. The number of fused-ring (bicyclic) bond motifs is 8. The molecule has 2 aromatic rings. The summed E-state index contributed by atoms with van der Waals surface area (Å²) >= 11 is 0. The van der Waals surface area contributed by atoms with Gasteiger partial charge in [-0.3, -0.25) is 14.5 Å². The molecule has 0 spiro atoms. The predicted molar refractivity (Wildman–Crippen MR) is 258 cm³/mol. The molecule has 3 N–H and O–H groups in total. The molecule has 3 aliphatic heterocycles. The summed E-state index contributed by atoms with van der Waals surface area (Å²) in [6.45, 7) is 15.5. The Morgan fingerprint density at radius 1 is 0.931 bits per heavy atom. The van der Waals surface area contributed by atoms with Gasteiger partial charge in [0.05, 0.1) is 30.8 Å². The van der Waals surface area contributed by atoms with Crippen molar-refractivity contribution in [2.45, 2.75) is 178 Å². The Hall–Kier alpha value is -4.21. The highest BCUT2D eigenvalue weighted by Gasteiger charge is 2.77. The van der Waals surface area contributed by atoms with E-state index in [0.717, 1.165) is 13.3 Å². The summed E-state index contributed by atoms with van der Waals surface area (Å²) in [6.07, 6.45) is -10.9. The molecule has 15 nitrogen and oxygen atoms in total. The highest BCUT2D eigenvalue weighted by Crippen LogP contribution is 2.67. The second-order valence-electron chi connectivity index (χ2n) is 21.7. The summed E-state index contributed by atoms with van der Waals surface area (Å²) in [6, 6.07) is 13.5. The lowest BCUT2D eigenvalue weighted by molar-refractivity contribution is -0.345.